The van der Waals surface area contributed by atoms with Crippen LogP contribution in [0.15, 0.2) is 48.5 Å². The van der Waals surface area contributed by atoms with Gasteiger partial charge in [0.25, 0.3) is 0 Å². The molecule has 0 aromatic heterocycles. The first-order chi connectivity index (χ1) is 10.6. The molecule has 0 heterocycles. The quantitative estimate of drug-likeness (QED) is 0.884. The molecule has 0 spiro atoms. The van der Waals surface area contributed by atoms with Crippen molar-refractivity contribution in [1.29, 1.82) is 0 Å². The van der Waals surface area contributed by atoms with Crippen LogP contribution in [0.2, 0.25) is 0 Å². The molecule has 0 aliphatic heterocycles. The van der Waals surface area contributed by atoms with Gasteiger partial charge >= 0.3 is 11.9 Å². The van der Waals surface area contributed by atoms with Gasteiger partial charge < -0.3 is 9.84 Å². The average Bonchev–Trinajstić information content (AvgIpc) is 2.54. The summed E-state index contributed by atoms with van der Waals surface area (Å²) >= 11 is 0. The molecule has 2 aromatic carbocycles. The van der Waals surface area contributed by atoms with Crippen LogP contribution in [0.25, 0.3) is 0 Å². The Labute approximate surface area is 128 Å². The number of rotatable bonds is 3. The number of carboxylic acids is 1. The lowest BCUT2D eigenvalue weighted by molar-refractivity contribution is 0.0266. The van der Waals surface area contributed by atoms with Gasteiger partial charge in [0.1, 0.15) is 6.10 Å². The second-order valence-electron chi connectivity index (χ2n) is 5.39. The van der Waals surface area contributed by atoms with Gasteiger partial charge in [-0.1, -0.05) is 36.4 Å². The van der Waals surface area contributed by atoms with E-state index in [2.05, 4.69) is 6.07 Å². The summed E-state index contributed by atoms with van der Waals surface area (Å²) in [6.45, 7) is 0. The third-order valence-corrected chi connectivity index (χ3v) is 3.95. The zero-order valence-corrected chi connectivity index (χ0v) is 12.0. The lowest BCUT2D eigenvalue weighted by atomic mass is 9.90. The molecule has 0 amide bonds. The fourth-order valence-electron chi connectivity index (χ4n) is 2.83. The smallest absolute Gasteiger partial charge is 0.339 e. The van der Waals surface area contributed by atoms with Crippen LogP contribution in [0.1, 0.15) is 38.3 Å². The molecular weight excluding hydrogens is 280 g/mol. The Morgan fingerprint density at radius 2 is 1.59 bits per heavy atom. The maximum atomic E-state index is 12.3. The summed E-state index contributed by atoms with van der Waals surface area (Å²) in [6, 6.07) is 14.2. The van der Waals surface area contributed by atoms with E-state index in [9.17, 15) is 9.59 Å². The number of aromatic carboxylic acids is 1. The van der Waals surface area contributed by atoms with Gasteiger partial charge in [0, 0.05) is 6.42 Å². The molecule has 112 valence electrons. The van der Waals surface area contributed by atoms with E-state index in [4.69, 9.17) is 9.84 Å². The highest BCUT2D eigenvalue weighted by Gasteiger charge is 2.24. The number of hydrogen-bond acceptors (Lipinski definition) is 3. The molecule has 22 heavy (non-hydrogen) atoms. The molecule has 0 unspecified atom stereocenters. The van der Waals surface area contributed by atoms with Crippen molar-refractivity contribution >= 4 is 11.9 Å². The van der Waals surface area contributed by atoms with Crippen LogP contribution in [0.5, 0.6) is 0 Å². The molecule has 1 aliphatic rings. The van der Waals surface area contributed by atoms with E-state index in [1.807, 2.05) is 18.2 Å². The van der Waals surface area contributed by atoms with E-state index in [-0.39, 0.29) is 17.2 Å². The first-order valence-electron chi connectivity index (χ1n) is 7.25. The van der Waals surface area contributed by atoms with Crippen LogP contribution in [0.4, 0.5) is 0 Å². The third-order valence-electron chi connectivity index (χ3n) is 3.95. The standard InChI is InChI=1S/C18H16O4/c19-17(20)15-7-3-4-8-16(15)18(21)22-14-10-9-12-5-1-2-6-13(12)11-14/h1-8,14H,9-11H2,(H,19,20)/t14-/m0/s1. The first-order valence-corrected chi connectivity index (χ1v) is 7.25. The van der Waals surface area contributed by atoms with Crippen molar-refractivity contribution in [3.05, 3.63) is 70.8 Å². The normalized spacial score (nSPS) is 16.6. The monoisotopic (exact) mass is 296 g/mol. The number of carbonyl (C=O) groups is 2. The van der Waals surface area contributed by atoms with Gasteiger partial charge in [0.2, 0.25) is 0 Å². The second-order valence-corrected chi connectivity index (χ2v) is 5.39. The summed E-state index contributed by atoms with van der Waals surface area (Å²) < 4.78 is 5.52. The summed E-state index contributed by atoms with van der Waals surface area (Å²) in [5.74, 6) is -1.69. The maximum Gasteiger partial charge on any atom is 0.339 e. The number of carbonyl (C=O) groups excluding carboxylic acids is 1. The van der Waals surface area contributed by atoms with Crippen LogP contribution in [-0.2, 0) is 17.6 Å². The highest BCUT2D eigenvalue weighted by atomic mass is 16.5. The molecule has 4 heteroatoms. The van der Waals surface area contributed by atoms with E-state index < -0.39 is 11.9 Å². The Bertz CT molecular complexity index is 721. The summed E-state index contributed by atoms with van der Waals surface area (Å²) in [6.07, 6.45) is 2.10. The minimum absolute atomic E-state index is 0.0243. The largest absolute Gasteiger partial charge is 0.478 e. The van der Waals surface area contributed by atoms with Crippen LogP contribution < -0.4 is 0 Å². The number of esters is 1. The number of hydrogen-bond donors (Lipinski definition) is 1. The number of fused-ring (bicyclic) bond motifs is 1. The van der Waals surface area contributed by atoms with Gasteiger partial charge in [-0.05, 0) is 36.1 Å². The van der Waals surface area contributed by atoms with Crippen molar-refractivity contribution in [1.82, 2.24) is 0 Å². The Hall–Kier alpha value is -2.62. The van der Waals surface area contributed by atoms with Crippen molar-refractivity contribution in [2.75, 3.05) is 0 Å². The molecule has 1 N–H and O–H groups in total. The van der Waals surface area contributed by atoms with Crippen LogP contribution >= 0.6 is 0 Å². The van der Waals surface area contributed by atoms with Crippen LogP contribution in [-0.4, -0.2) is 23.1 Å². The van der Waals surface area contributed by atoms with E-state index in [1.165, 1.54) is 23.3 Å². The molecule has 0 saturated heterocycles. The Kier molecular flexibility index (Phi) is 3.92. The van der Waals surface area contributed by atoms with E-state index in [0.717, 1.165) is 12.8 Å². The summed E-state index contributed by atoms with van der Waals surface area (Å²) in [5, 5.41) is 9.14. The fourth-order valence-corrected chi connectivity index (χ4v) is 2.83. The van der Waals surface area contributed by atoms with E-state index in [1.54, 1.807) is 12.1 Å². The first kappa shape index (κ1) is 14.3. The zero-order chi connectivity index (χ0) is 15.5. The molecule has 4 nitrogen and oxygen atoms in total. The molecule has 0 saturated carbocycles. The Balaban J connectivity index is 1.75. The predicted octanol–water partition coefficient (Wildman–Crippen LogP) is 3.10. The fraction of sp³-hybridized carbons (Fsp3) is 0.222. The van der Waals surface area contributed by atoms with Crippen LogP contribution in [0, 0.1) is 0 Å². The molecule has 0 bridgehead atoms. The maximum absolute atomic E-state index is 12.3. The highest BCUT2D eigenvalue weighted by molar-refractivity contribution is 6.02. The van der Waals surface area contributed by atoms with Gasteiger partial charge in [0.05, 0.1) is 11.1 Å². The molecule has 0 fully saturated rings. The van der Waals surface area contributed by atoms with Crippen molar-refractivity contribution in [2.45, 2.75) is 25.4 Å². The zero-order valence-electron chi connectivity index (χ0n) is 12.0. The van der Waals surface area contributed by atoms with Gasteiger partial charge in [-0.25, -0.2) is 9.59 Å². The van der Waals surface area contributed by atoms with Gasteiger partial charge in [-0.15, -0.1) is 0 Å². The molecule has 1 aliphatic carbocycles. The van der Waals surface area contributed by atoms with E-state index in [0.29, 0.717) is 6.42 Å². The Morgan fingerprint density at radius 1 is 0.955 bits per heavy atom. The lowest BCUT2D eigenvalue weighted by Gasteiger charge is -2.24. The topological polar surface area (TPSA) is 63.6 Å². The Morgan fingerprint density at radius 3 is 2.32 bits per heavy atom. The summed E-state index contributed by atoms with van der Waals surface area (Å²) in [4.78, 5) is 23.4. The number of aryl methyl sites for hydroxylation is 1. The molecular formula is C18H16O4. The van der Waals surface area contributed by atoms with E-state index >= 15 is 0 Å². The van der Waals surface area contributed by atoms with Gasteiger partial charge in [-0.3, -0.25) is 0 Å². The lowest BCUT2D eigenvalue weighted by Crippen LogP contribution is -2.26. The third kappa shape index (κ3) is 2.86. The molecule has 2 aromatic rings. The van der Waals surface area contributed by atoms with Gasteiger partial charge in [0.15, 0.2) is 0 Å². The summed E-state index contributed by atoms with van der Waals surface area (Å²) in [5.41, 5.74) is 2.57. The van der Waals surface area contributed by atoms with Crippen molar-refractivity contribution in [3.8, 4) is 0 Å². The average molecular weight is 296 g/mol. The minimum atomic E-state index is -1.12. The van der Waals surface area contributed by atoms with Crippen LogP contribution in [0.3, 0.4) is 0 Å². The van der Waals surface area contributed by atoms with Crippen molar-refractivity contribution < 1.29 is 19.4 Å². The highest BCUT2D eigenvalue weighted by Crippen LogP contribution is 2.24. The molecule has 1 atom stereocenters. The molecule has 0 radical (unpaired) electrons. The predicted molar refractivity (Wildman–Crippen MR) is 81.1 cm³/mol. The second kappa shape index (κ2) is 6.02. The minimum Gasteiger partial charge on any atom is -0.478 e. The molecule has 3 rings (SSSR count). The number of carboxylic acid groups (broad SMARTS) is 1. The summed E-state index contributed by atoms with van der Waals surface area (Å²) in [7, 11) is 0. The number of ether oxygens (including phenoxy) is 1. The number of benzene rings is 2. The van der Waals surface area contributed by atoms with Crippen molar-refractivity contribution in [3.63, 3.8) is 0 Å². The van der Waals surface area contributed by atoms with Crippen molar-refractivity contribution in [2.24, 2.45) is 0 Å². The van der Waals surface area contributed by atoms with Gasteiger partial charge in [-0.2, -0.15) is 0 Å². The SMILES string of the molecule is O=C(O)c1ccccc1C(=O)O[C@H]1CCc2ccccc2C1.